The molecule has 0 aliphatic carbocycles. The number of unbranched alkanes of at least 4 members (excludes halogenated alkanes) is 1. The number of hydrogen-bond donors (Lipinski definition) is 1. The zero-order valence-corrected chi connectivity index (χ0v) is 9.33. The van der Waals surface area contributed by atoms with Gasteiger partial charge in [0.1, 0.15) is 6.07 Å². The van der Waals surface area contributed by atoms with Crippen LogP contribution in [0.15, 0.2) is 18.3 Å². The molecule has 80 valence electrons. The van der Waals surface area contributed by atoms with Crippen molar-refractivity contribution in [2.24, 2.45) is 0 Å². The Labute approximate surface area is 91.1 Å². The van der Waals surface area contributed by atoms with E-state index >= 15 is 0 Å². The maximum absolute atomic E-state index is 8.85. The normalized spacial score (nSPS) is 11.8. The van der Waals surface area contributed by atoms with Gasteiger partial charge in [0.25, 0.3) is 0 Å². The van der Waals surface area contributed by atoms with Crippen LogP contribution in [0.1, 0.15) is 38.8 Å². The number of pyridine rings is 1. The van der Waals surface area contributed by atoms with Crippen LogP contribution < -0.4 is 5.32 Å². The molecule has 0 amide bonds. The van der Waals surface area contributed by atoms with Crippen LogP contribution in [0.5, 0.6) is 0 Å². The lowest BCUT2D eigenvalue weighted by Crippen LogP contribution is -2.15. The van der Waals surface area contributed by atoms with Gasteiger partial charge in [-0.15, -0.1) is 0 Å². The summed E-state index contributed by atoms with van der Waals surface area (Å²) in [5.74, 6) is 0. The van der Waals surface area contributed by atoms with Crippen LogP contribution in [0.2, 0.25) is 0 Å². The molecule has 0 saturated carbocycles. The second-order valence-corrected chi connectivity index (χ2v) is 3.70. The van der Waals surface area contributed by atoms with Crippen molar-refractivity contribution in [2.45, 2.75) is 39.2 Å². The highest BCUT2D eigenvalue weighted by atomic mass is 14.9. The average Bonchev–Trinajstić information content (AvgIpc) is 2.27. The predicted octanol–water partition coefficient (Wildman–Crippen LogP) is 2.94. The Morgan fingerprint density at radius 1 is 1.60 bits per heavy atom. The summed E-state index contributed by atoms with van der Waals surface area (Å²) >= 11 is 0. The monoisotopic (exact) mass is 203 g/mol. The Morgan fingerprint density at radius 3 is 3.07 bits per heavy atom. The molecule has 0 radical (unpaired) electrons. The molecule has 1 aromatic rings. The van der Waals surface area contributed by atoms with Crippen LogP contribution in [-0.4, -0.2) is 11.0 Å². The third kappa shape index (κ3) is 3.59. The second-order valence-electron chi connectivity index (χ2n) is 3.70. The minimum absolute atomic E-state index is 0.390. The van der Waals surface area contributed by atoms with E-state index in [2.05, 4.69) is 30.2 Å². The number of nitrogens with one attached hydrogen (secondary N) is 1. The highest BCUT2D eigenvalue weighted by Crippen LogP contribution is 2.14. The minimum atomic E-state index is 0.390. The molecule has 1 atom stereocenters. The van der Waals surface area contributed by atoms with Crippen molar-refractivity contribution >= 4 is 5.69 Å². The van der Waals surface area contributed by atoms with Gasteiger partial charge in [0, 0.05) is 12.2 Å². The summed E-state index contributed by atoms with van der Waals surface area (Å²) in [6, 6.07) is 6.21. The molecule has 15 heavy (non-hydrogen) atoms. The van der Waals surface area contributed by atoms with Crippen molar-refractivity contribution in [2.75, 3.05) is 5.32 Å². The Morgan fingerprint density at radius 2 is 2.40 bits per heavy atom. The lowest BCUT2D eigenvalue weighted by Gasteiger charge is -2.14. The topological polar surface area (TPSA) is 48.7 Å². The standard InChI is InChI=1S/C12H17N3/c1-3-4-6-10(2)15-11-7-5-8-14-12(11)9-13/h5,7-8,10,15H,3-4,6H2,1-2H3. The van der Waals surface area contributed by atoms with Gasteiger partial charge in [-0.2, -0.15) is 5.26 Å². The van der Waals surface area contributed by atoms with Crippen LogP contribution in [0.25, 0.3) is 0 Å². The minimum Gasteiger partial charge on any atom is -0.380 e. The SMILES string of the molecule is CCCCC(C)Nc1cccnc1C#N. The summed E-state index contributed by atoms with van der Waals surface area (Å²) in [4.78, 5) is 4.01. The number of hydrogen-bond acceptors (Lipinski definition) is 3. The van der Waals surface area contributed by atoms with E-state index in [1.54, 1.807) is 6.20 Å². The fraction of sp³-hybridized carbons (Fsp3) is 0.500. The van der Waals surface area contributed by atoms with E-state index in [0.29, 0.717) is 11.7 Å². The van der Waals surface area contributed by atoms with Crippen molar-refractivity contribution < 1.29 is 0 Å². The number of nitrogens with zero attached hydrogens (tertiary/aromatic N) is 2. The molecule has 1 N–H and O–H groups in total. The van der Waals surface area contributed by atoms with Gasteiger partial charge in [-0.05, 0) is 25.5 Å². The first kappa shape index (κ1) is 11.5. The summed E-state index contributed by atoms with van der Waals surface area (Å²) in [6.45, 7) is 4.31. The molecular weight excluding hydrogens is 186 g/mol. The average molecular weight is 203 g/mol. The molecule has 0 aliphatic heterocycles. The van der Waals surface area contributed by atoms with Gasteiger partial charge in [-0.1, -0.05) is 19.8 Å². The second kappa shape index (κ2) is 6.02. The van der Waals surface area contributed by atoms with Crippen molar-refractivity contribution in [3.8, 4) is 6.07 Å². The van der Waals surface area contributed by atoms with Gasteiger partial charge in [0.05, 0.1) is 5.69 Å². The number of rotatable bonds is 5. The van der Waals surface area contributed by atoms with E-state index in [4.69, 9.17) is 5.26 Å². The van der Waals surface area contributed by atoms with E-state index in [9.17, 15) is 0 Å². The third-order valence-corrected chi connectivity index (χ3v) is 2.31. The highest BCUT2D eigenvalue weighted by molar-refractivity contribution is 5.53. The zero-order chi connectivity index (χ0) is 11.1. The zero-order valence-electron chi connectivity index (χ0n) is 9.33. The number of nitriles is 1. The van der Waals surface area contributed by atoms with Crippen molar-refractivity contribution in [3.63, 3.8) is 0 Å². The molecule has 0 saturated heterocycles. The Balaban J connectivity index is 2.60. The summed E-state index contributed by atoms with van der Waals surface area (Å²) < 4.78 is 0. The first-order chi connectivity index (χ1) is 7.27. The first-order valence-corrected chi connectivity index (χ1v) is 5.39. The van der Waals surface area contributed by atoms with E-state index in [0.717, 1.165) is 12.1 Å². The lowest BCUT2D eigenvalue weighted by atomic mass is 10.1. The van der Waals surface area contributed by atoms with Crippen molar-refractivity contribution in [1.82, 2.24) is 4.98 Å². The Kier molecular flexibility index (Phi) is 4.62. The molecule has 0 spiro atoms. The van der Waals surface area contributed by atoms with E-state index < -0.39 is 0 Å². The molecule has 1 heterocycles. The molecule has 3 heteroatoms. The van der Waals surface area contributed by atoms with Crippen LogP contribution in [0.4, 0.5) is 5.69 Å². The van der Waals surface area contributed by atoms with Crippen molar-refractivity contribution in [3.05, 3.63) is 24.0 Å². The van der Waals surface area contributed by atoms with Crippen LogP contribution in [0.3, 0.4) is 0 Å². The van der Waals surface area contributed by atoms with E-state index in [1.165, 1.54) is 12.8 Å². The Bertz CT molecular complexity index is 341. The third-order valence-electron chi connectivity index (χ3n) is 2.31. The maximum atomic E-state index is 8.85. The lowest BCUT2D eigenvalue weighted by molar-refractivity contribution is 0.645. The highest BCUT2D eigenvalue weighted by Gasteiger charge is 2.05. The van der Waals surface area contributed by atoms with Gasteiger partial charge in [0.2, 0.25) is 0 Å². The van der Waals surface area contributed by atoms with E-state index in [-0.39, 0.29) is 0 Å². The van der Waals surface area contributed by atoms with Gasteiger partial charge >= 0.3 is 0 Å². The summed E-state index contributed by atoms with van der Waals surface area (Å²) in [5.41, 5.74) is 1.31. The predicted molar refractivity (Wildman–Crippen MR) is 61.6 cm³/mol. The summed E-state index contributed by atoms with van der Waals surface area (Å²) in [7, 11) is 0. The molecule has 1 unspecified atom stereocenters. The first-order valence-electron chi connectivity index (χ1n) is 5.39. The van der Waals surface area contributed by atoms with Gasteiger partial charge in [-0.3, -0.25) is 0 Å². The Hall–Kier alpha value is -1.56. The number of aromatic nitrogens is 1. The number of anilines is 1. The maximum Gasteiger partial charge on any atom is 0.163 e. The van der Waals surface area contributed by atoms with Crippen LogP contribution in [-0.2, 0) is 0 Å². The fourth-order valence-corrected chi connectivity index (χ4v) is 1.46. The summed E-state index contributed by atoms with van der Waals surface area (Å²) in [6.07, 6.45) is 5.16. The quantitative estimate of drug-likeness (QED) is 0.800. The van der Waals surface area contributed by atoms with Crippen molar-refractivity contribution in [1.29, 1.82) is 5.26 Å². The van der Waals surface area contributed by atoms with Crippen LogP contribution >= 0.6 is 0 Å². The van der Waals surface area contributed by atoms with Gasteiger partial charge in [0.15, 0.2) is 5.69 Å². The van der Waals surface area contributed by atoms with E-state index in [1.807, 2.05) is 12.1 Å². The van der Waals surface area contributed by atoms with Gasteiger partial charge < -0.3 is 5.32 Å². The molecule has 1 rings (SSSR count). The van der Waals surface area contributed by atoms with Crippen LogP contribution in [0, 0.1) is 11.3 Å². The molecule has 0 aromatic carbocycles. The molecule has 0 bridgehead atoms. The van der Waals surface area contributed by atoms with Gasteiger partial charge in [-0.25, -0.2) is 4.98 Å². The molecule has 0 fully saturated rings. The largest absolute Gasteiger partial charge is 0.380 e. The fourth-order valence-electron chi connectivity index (χ4n) is 1.46. The molecule has 1 aromatic heterocycles. The molecule has 3 nitrogen and oxygen atoms in total. The summed E-state index contributed by atoms with van der Waals surface area (Å²) in [5, 5.41) is 12.2. The smallest absolute Gasteiger partial charge is 0.163 e. The molecule has 0 aliphatic rings. The molecular formula is C12H17N3.